The van der Waals surface area contributed by atoms with Crippen molar-refractivity contribution >= 4 is 5.91 Å². The van der Waals surface area contributed by atoms with Crippen LogP contribution in [0.2, 0.25) is 0 Å². The van der Waals surface area contributed by atoms with Gasteiger partial charge in [0.25, 0.3) is 5.91 Å². The summed E-state index contributed by atoms with van der Waals surface area (Å²) in [4.78, 5) is 14.6. The molecule has 1 aromatic rings. The quantitative estimate of drug-likeness (QED) is 0.805. The summed E-state index contributed by atoms with van der Waals surface area (Å²) >= 11 is 0. The van der Waals surface area contributed by atoms with Crippen molar-refractivity contribution in [1.29, 1.82) is 0 Å². The lowest BCUT2D eigenvalue weighted by Gasteiger charge is -2.39. The van der Waals surface area contributed by atoms with Crippen molar-refractivity contribution in [3.63, 3.8) is 0 Å². The molecule has 1 saturated carbocycles. The van der Waals surface area contributed by atoms with E-state index >= 15 is 0 Å². The van der Waals surface area contributed by atoms with Gasteiger partial charge in [-0.15, -0.1) is 0 Å². The maximum absolute atomic E-state index is 12.7. The number of aliphatic hydroxyl groups is 1. The van der Waals surface area contributed by atoms with Gasteiger partial charge in [-0.25, -0.2) is 0 Å². The van der Waals surface area contributed by atoms with Gasteiger partial charge in [-0.1, -0.05) is 32.1 Å². The third-order valence-electron chi connectivity index (χ3n) is 5.53. The van der Waals surface area contributed by atoms with Crippen LogP contribution in [0.1, 0.15) is 57.1 Å². The number of amides is 1. The Bertz CT molecular complexity index is 511. The topological polar surface area (TPSA) is 65.7 Å². The predicted molar refractivity (Wildman–Crippen MR) is 92.4 cm³/mol. The van der Waals surface area contributed by atoms with E-state index in [9.17, 15) is 9.90 Å². The number of carbonyl (C=O) groups excluding carboxylic acids is 1. The third-order valence-corrected chi connectivity index (χ3v) is 5.53. The second-order valence-corrected chi connectivity index (χ2v) is 7.40. The van der Waals surface area contributed by atoms with Gasteiger partial charge >= 0.3 is 0 Å². The van der Waals surface area contributed by atoms with E-state index in [2.05, 4.69) is 5.32 Å². The van der Waals surface area contributed by atoms with E-state index in [0.29, 0.717) is 13.0 Å². The SMILES string of the molecule is O=C1N(CCC2CCCCC2)CCC[C@]1(O)CNCc1ccco1. The average Bonchev–Trinajstić information content (AvgIpc) is 3.11. The van der Waals surface area contributed by atoms with Crippen molar-refractivity contribution in [3.05, 3.63) is 24.2 Å². The molecule has 1 aromatic heterocycles. The summed E-state index contributed by atoms with van der Waals surface area (Å²) in [5.74, 6) is 1.48. The van der Waals surface area contributed by atoms with Gasteiger partial charge in [0.05, 0.1) is 12.8 Å². The molecule has 2 fully saturated rings. The Labute approximate surface area is 144 Å². The molecule has 2 heterocycles. The van der Waals surface area contributed by atoms with Gasteiger partial charge in [0, 0.05) is 19.6 Å². The summed E-state index contributed by atoms with van der Waals surface area (Å²) in [7, 11) is 0. The van der Waals surface area contributed by atoms with E-state index < -0.39 is 5.60 Å². The molecule has 1 saturated heterocycles. The molecule has 5 heteroatoms. The van der Waals surface area contributed by atoms with Gasteiger partial charge in [-0.3, -0.25) is 4.79 Å². The standard InChI is InChI=1S/C19H30N2O3/c22-18-19(23,15-20-14-17-8-4-13-24-17)10-5-11-21(18)12-9-16-6-2-1-3-7-16/h4,8,13,16,20,23H,1-3,5-7,9-12,14-15H2/t19-/m0/s1. The summed E-state index contributed by atoms with van der Waals surface area (Å²) in [5, 5.41) is 14.0. The first-order valence-corrected chi connectivity index (χ1v) is 9.42. The van der Waals surface area contributed by atoms with Crippen molar-refractivity contribution in [2.75, 3.05) is 19.6 Å². The second kappa shape index (κ2) is 8.17. The fourth-order valence-corrected chi connectivity index (χ4v) is 4.06. The van der Waals surface area contributed by atoms with Crippen LogP contribution in [0, 0.1) is 5.92 Å². The highest BCUT2D eigenvalue weighted by Crippen LogP contribution is 2.28. The van der Waals surface area contributed by atoms with Crippen molar-refractivity contribution in [3.8, 4) is 0 Å². The molecule has 0 bridgehead atoms. The van der Waals surface area contributed by atoms with Crippen LogP contribution in [-0.4, -0.2) is 41.1 Å². The number of hydrogen-bond donors (Lipinski definition) is 2. The molecular weight excluding hydrogens is 304 g/mol. The highest BCUT2D eigenvalue weighted by atomic mass is 16.3. The Morgan fingerprint density at radius 1 is 1.29 bits per heavy atom. The van der Waals surface area contributed by atoms with Crippen LogP contribution < -0.4 is 5.32 Å². The molecule has 24 heavy (non-hydrogen) atoms. The first-order chi connectivity index (χ1) is 11.7. The summed E-state index contributed by atoms with van der Waals surface area (Å²) in [5.41, 5.74) is -1.27. The zero-order chi connectivity index (χ0) is 16.8. The Hall–Kier alpha value is -1.33. The van der Waals surface area contributed by atoms with Gasteiger partial charge in [0.1, 0.15) is 5.76 Å². The van der Waals surface area contributed by atoms with Crippen LogP contribution >= 0.6 is 0 Å². The van der Waals surface area contributed by atoms with Crippen LogP contribution in [0.5, 0.6) is 0 Å². The maximum atomic E-state index is 12.7. The monoisotopic (exact) mass is 334 g/mol. The number of piperidine rings is 1. The molecule has 0 unspecified atom stereocenters. The molecule has 1 amide bonds. The number of furan rings is 1. The Morgan fingerprint density at radius 3 is 2.88 bits per heavy atom. The Kier molecular flexibility index (Phi) is 5.95. The van der Waals surface area contributed by atoms with Crippen LogP contribution in [-0.2, 0) is 11.3 Å². The third kappa shape index (κ3) is 4.39. The molecule has 3 rings (SSSR count). The number of nitrogens with zero attached hydrogens (tertiary/aromatic N) is 1. The normalized spacial score (nSPS) is 26.0. The average molecular weight is 334 g/mol. The van der Waals surface area contributed by atoms with Gasteiger partial charge in [-0.2, -0.15) is 0 Å². The maximum Gasteiger partial charge on any atom is 0.255 e. The van der Waals surface area contributed by atoms with Gasteiger partial charge in [-0.05, 0) is 37.3 Å². The lowest BCUT2D eigenvalue weighted by Crippen LogP contribution is -2.58. The van der Waals surface area contributed by atoms with Crippen molar-refractivity contribution in [2.24, 2.45) is 5.92 Å². The van der Waals surface area contributed by atoms with Gasteiger partial charge in [0.15, 0.2) is 5.60 Å². The minimum atomic E-state index is -1.27. The minimum Gasteiger partial charge on any atom is -0.468 e. The van der Waals surface area contributed by atoms with Gasteiger partial charge < -0.3 is 19.7 Å². The van der Waals surface area contributed by atoms with E-state index in [1.165, 1.54) is 32.1 Å². The Morgan fingerprint density at radius 2 is 2.12 bits per heavy atom. The van der Waals surface area contributed by atoms with E-state index in [-0.39, 0.29) is 12.5 Å². The van der Waals surface area contributed by atoms with Crippen molar-refractivity contribution in [2.45, 2.75) is 63.5 Å². The van der Waals surface area contributed by atoms with Crippen molar-refractivity contribution in [1.82, 2.24) is 10.2 Å². The molecule has 0 spiro atoms. The first kappa shape index (κ1) is 17.5. The number of likely N-dealkylation sites (tertiary alicyclic amines) is 1. The molecule has 5 nitrogen and oxygen atoms in total. The molecule has 2 N–H and O–H groups in total. The number of rotatable bonds is 7. The summed E-state index contributed by atoms with van der Waals surface area (Å²) in [6, 6.07) is 3.72. The van der Waals surface area contributed by atoms with Crippen LogP contribution in [0.4, 0.5) is 0 Å². The summed E-state index contributed by atoms with van der Waals surface area (Å²) in [6.45, 7) is 2.40. The van der Waals surface area contributed by atoms with Crippen LogP contribution in [0.15, 0.2) is 22.8 Å². The Balaban J connectivity index is 1.47. The zero-order valence-electron chi connectivity index (χ0n) is 14.5. The molecular formula is C19H30N2O3. The fraction of sp³-hybridized carbons (Fsp3) is 0.737. The smallest absolute Gasteiger partial charge is 0.255 e. The highest BCUT2D eigenvalue weighted by Gasteiger charge is 2.41. The van der Waals surface area contributed by atoms with E-state index in [4.69, 9.17) is 4.42 Å². The second-order valence-electron chi connectivity index (χ2n) is 7.40. The lowest BCUT2D eigenvalue weighted by atomic mass is 9.86. The van der Waals surface area contributed by atoms with Crippen LogP contribution in [0.3, 0.4) is 0 Å². The van der Waals surface area contributed by atoms with Crippen molar-refractivity contribution < 1.29 is 14.3 Å². The molecule has 0 radical (unpaired) electrons. The number of hydrogen-bond acceptors (Lipinski definition) is 4. The molecule has 0 aromatic carbocycles. The molecule has 1 aliphatic carbocycles. The highest BCUT2D eigenvalue weighted by molar-refractivity contribution is 5.86. The predicted octanol–water partition coefficient (Wildman–Crippen LogP) is 2.69. The van der Waals surface area contributed by atoms with Gasteiger partial charge in [0.2, 0.25) is 0 Å². The van der Waals surface area contributed by atoms with E-state index in [1.807, 2.05) is 17.0 Å². The summed E-state index contributed by atoms with van der Waals surface area (Å²) < 4.78 is 5.27. The first-order valence-electron chi connectivity index (χ1n) is 9.42. The fourth-order valence-electron chi connectivity index (χ4n) is 4.06. The van der Waals surface area contributed by atoms with E-state index in [0.717, 1.165) is 37.6 Å². The number of nitrogens with one attached hydrogen (secondary N) is 1. The lowest BCUT2D eigenvalue weighted by molar-refractivity contribution is -0.156. The largest absolute Gasteiger partial charge is 0.468 e. The summed E-state index contributed by atoms with van der Waals surface area (Å²) in [6.07, 6.45) is 10.8. The molecule has 134 valence electrons. The molecule has 1 atom stereocenters. The van der Waals surface area contributed by atoms with Crippen LogP contribution in [0.25, 0.3) is 0 Å². The van der Waals surface area contributed by atoms with E-state index in [1.54, 1.807) is 6.26 Å². The minimum absolute atomic E-state index is 0.100. The zero-order valence-corrected chi connectivity index (χ0v) is 14.5. The number of carbonyl (C=O) groups is 1. The molecule has 2 aliphatic rings. The molecule has 1 aliphatic heterocycles.